The lowest BCUT2D eigenvalue weighted by molar-refractivity contribution is -0.139. The lowest BCUT2D eigenvalue weighted by Gasteiger charge is -2.38. The molecule has 3 nitrogen and oxygen atoms in total. The molecule has 1 aliphatic rings. The zero-order chi connectivity index (χ0) is 19.7. The summed E-state index contributed by atoms with van der Waals surface area (Å²) in [4.78, 5) is 0. The van der Waals surface area contributed by atoms with E-state index in [2.05, 4.69) is 0 Å². The molecule has 1 atom stereocenters. The van der Waals surface area contributed by atoms with Gasteiger partial charge in [0.15, 0.2) is 0 Å². The molecular formula is C20H22BF3O3. The summed E-state index contributed by atoms with van der Waals surface area (Å²) in [5.74, 6) is -0.210. The summed E-state index contributed by atoms with van der Waals surface area (Å²) in [6.07, 6.45) is -3.98. The van der Waals surface area contributed by atoms with E-state index < -0.39 is 24.5 Å². The van der Waals surface area contributed by atoms with Gasteiger partial charge in [0, 0.05) is 6.10 Å². The van der Waals surface area contributed by atoms with Gasteiger partial charge in [-0.25, -0.2) is 0 Å². The zero-order valence-electron chi connectivity index (χ0n) is 15.5. The van der Waals surface area contributed by atoms with Crippen molar-refractivity contribution in [3.63, 3.8) is 0 Å². The molecule has 1 aliphatic heterocycles. The first-order valence-corrected chi connectivity index (χ1v) is 8.85. The van der Waals surface area contributed by atoms with Crippen LogP contribution in [-0.4, -0.2) is 18.8 Å². The van der Waals surface area contributed by atoms with Crippen molar-refractivity contribution in [3.8, 4) is 5.75 Å². The molecule has 0 N–H and O–H groups in total. The van der Waals surface area contributed by atoms with E-state index >= 15 is 0 Å². The topological polar surface area (TPSA) is 27.7 Å². The van der Waals surface area contributed by atoms with Gasteiger partial charge >= 0.3 is 13.3 Å². The summed E-state index contributed by atoms with van der Waals surface area (Å²) in [7, 11) is -0.840. The van der Waals surface area contributed by atoms with Crippen LogP contribution in [0.25, 0.3) is 0 Å². The summed E-state index contributed by atoms with van der Waals surface area (Å²) >= 11 is 0. The molecule has 1 fully saturated rings. The zero-order valence-corrected chi connectivity index (χ0v) is 15.5. The third-order valence-electron chi connectivity index (χ3n) is 4.38. The molecular weight excluding hydrogens is 356 g/mol. The van der Waals surface area contributed by atoms with Crippen LogP contribution in [0.5, 0.6) is 5.75 Å². The predicted octanol–water partition coefficient (Wildman–Crippen LogP) is 4.58. The van der Waals surface area contributed by atoms with Crippen molar-refractivity contribution < 1.29 is 27.2 Å². The van der Waals surface area contributed by atoms with Crippen LogP contribution in [0.2, 0.25) is 0 Å². The Kier molecular flexibility index (Phi) is 5.54. The van der Waals surface area contributed by atoms with Crippen LogP contribution in [0.1, 0.15) is 38.3 Å². The highest BCUT2D eigenvalue weighted by Crippen LogP contribution is 2.36. The van der Waals surface area contributed by atoms with Gasteiger partial charge in [-0.3, -0.25) is 0 Å². The standard InChI is InChI=1S/C20H22BF3O3/c1-14-12-19(2,3)27-21(26-14)16-9-10-18(17(11-16)20(22,23)24)25-13-15-7-5-4-6-8-15/h4-11,14H,12-13H2,1-3H3. The molecule has 1 heterocycles. The normalized spacial score (nSPS) is 19.8. The first-order valence-electron chi connectivity index (χ1n) is 8.85. The molecule has 0 amide bonds. The van der Waals surface area contributed by atoms with Crippen LogP contribution < -0.4 is 10.2 Å². The Morgan fingerprint density at radius 1 is 1.15 bits per heavy atom. The van der Waals surface area contributed by atoms with Crippen molar-refractivity contribution in [3.05, 3.63) is 59.7 Å². The third-order valence-corrected chi connectivity index (χ3v) is 4.38. The van der Waals surface area contributed by atoms with E-state index in [0.29, 0.717) is 11.9 Å². The van der Waals surface area contributed by atoms with Crippen molar-refractivity contribution >= 4 is 12.6 Å². The van der Waals surface area contributed by atoms with Crippen molar-refractivity contribution in [2.45, 2.75) is 51.7 Å². The third kappa shape index (κ3) is 5.05. The predicted molar refractivity (Wildman–Crippen MR) is 97.9 cm³/mol. The van der Waals surface area contributed by atoms with Crippen molar-refractivity contribution in [1.29, 1.82) is 0 Å². The highest BCUT2D eigenvalue weighted by Gasteiger charge is 2.41. The first-order chi connectivity index (χ1) is 12.6. The SMILES string of the molecule is CC1CC(C)(C)OB(c2ccc(OCc3ccccc3)c(C(F)(F)F)c2)O1. The summed E-state index contributed by atoms with van der Waals surface area (Å²) < 4.78 is 57.8. The van der Waals surface area contributed by atoms with Gasteiger partial charge in [0.05, 0.1) is 11.2 Å². The van der Waals surface area contributed by atoms with E-state index in [1.807, 2.05) is 39.0 Å². The Bertz CT molecular complexity index is 778. The van der Waals surface area contributed by atoms with Crippen LogP contribution in [0, 0.1) is 0 Å². The number of benzene rings is 2. The molecule has 1 unspecified atom stereocenters. The molecule has 1 saturated heterocycles. The quantitative estimate of drug-likeness (QED) is 0.729. The van der Waals surface area contributed by atoms with Gasteiger partial charge < -0.3 is 14.0 Å². The molecule has 2 aromatic rings. The number of alkyl halides is 3. The Labute approximate surface area is 157 Å². The fraction of sp³-hybridized carbons (Fsp3) is 0.400. The molecule has 7 heteroatoms. The largest absolute Gasteiger partial charge is 0.494 e. The Hall–Kier alpha value is -1.99. The fourth-order valence-corrected chi connectivity index (χ4v) is 3.24. The van der Waals surface area contributed by atoms with E-state index in [1.54, 1.807) is 18.2 Å². The molecule has 0 radical (unpaired) electrons. The average molecular weight is 378 g/mol. The van der Waals surface area contributed by atoms with Crippen LogP contribution in [0.3, 0.4) is 0 Å². The Morgan fingerprint density at radius 3 is 2.48 bits per heavy atom. The van der Waals surface area contributed by atoms with Crippen molar-refractivity contribution in [1.82, 2.24) is 0 Å². The molecule has 0 spiro atoms. The highest BCUT2D eigenvalue weighted by atomic mass is 19.4. The molecule has 27 heavy (non-hydrogen) atoms. The number of hydrogen-bond donors (Lipinski definition) is 0. The van der Waals surface area contributed by atoms with Crippen LogP contribution >= 0.6 is 0 Å². The maximum absolute atomic E-state index is 13.6. The van der Waals surface area contributed by atoms with E-state index in [-0.39, 0.29) is 18.5 Å². The molecule has 0 aliphatic carbocycles. The van der Waals surface area contributed by atoms with Gasteiger partial charge in [-0.15, -0.1) is 0 Å². The minimum absolute atomic E-state index is 0.0593. The molecule has 3 rings (SSSR count). The van der Waals surface area contributed by atoms with Crippen LogP contribution in [0.4, 0.5) is 13.2 Å². The smallest absolute Gasteiger partial charge is 0.488 e. The monoisotopic (exact) mass is 378 g/mol. The van der Waals surface area contributed by atoms with Gasteiger partial charge in [0.25, 0.3) is 0 Å². The lowest BCUT2D eigenvalue weighted by Crippen LogP contribution is -2.51. The molecule has 2 aromatic carbocycles. The number of hydrogen-bond acceptors (Lipinski definition) is 3. The highest BCUT2D eigenvalue weighted by molar-refractivity contribution is 6.61. The second kappa shape index (κ2) is 7.56. The first kappa shape index (κ1) is 19.8. The molecule has 0 aromatic heterocycles. The number of ether oxygens (including phenoxy) is 1. The Balaban J connectivity index is 1.86. The van der Waals surface area contributed by atoms with Gasteiger partial charge in [-0.1, -0.05) is 36.4 Å². The van der Waals surface area contributed by atoms with E-state index in [1.165, 1.54) is 6.07 Å². The maximum Gasteiger partial charge on any atom is 0.494 e. The van der Waals surface area contributed by atoms with Crippen LogP contribution in [0.15, 0.2) is 48.5 Å². The van der Waals surface area contributed by atoms with Gasteiger partial charge in [0.2, 0.25) is 0 Å². The minimum atomic E-state index is -4.54. The van der Waals surface area contributed by atoms with Gasteiger partial charge in [-0.2, -0.15) is 13.2 Å². The summed E-state index contributed by atoms with van der Waals surface area (Å²) in [6.45, 7) is 5.76. The summed E-state index contributed by atoms with van der Waals surface area (Å²) in [5.41, 5.74) is -0.180. The van der Waals surface area contributed by atoms with Crippen LogP contribution in [-0.2, 0) is 22.1 Å². The lowest BCUT2D eigenvalue weighted by atomic mass is 9.74. The summed E-state index contributed by atoms with van der Waals surface area (Å²) in [5, 5.41) is 0. The molecule has 0 saturated carbocycles. The van der Waals surface area contributed by atoms with Crippen molar-refractivity contribution in [2.75, 3.05) is 0 Å². The van der Waals surface area contributed by atoms with E-state index in [0.717, 1.165) is 11.6 Å². The molecule has 0 bridgehead atoms. The number of rotatable bonds is 4. The minimum Gasteiger partial charge on any atom is -0.488 e. The van der Waals surface area contributed by atoms with Gasteiger partial charge in [0.1, 0.15) is 12.4 Å². The van der Waals surface area contributed by atoms with E-state index in [4.69, 9.17) is 14.0 Å². The second-order valence-electron chi connectivity index (χ2n) is 7.39. The average Bonchev–Trinajstić information content (AvgIpc) is 2.58. The van der Waals surface area contributed by atoms with Crippen molar-refractivity contribution in [2.24, 2.45) is 0 Å². The summed E-state index contributed by atoms with van der Waals surface area (Å²) in [6, 6.07) is 13.0. The molecule has 144 valence electrons. The fourth-order valence-electron chi connectivity index (χ4n) is 3.24. The Morgan fingerprint density at radius 2 is 1.85 bits per heavy atom. The second-order valence-corrected chi connectivity index (χ2v) is 7.39. The maximum atomic E-state index is 13.6. The number of halogens is 3. The van der Waals surface area contributed by atoms with Gasteiger partial charge in [-0.05, 0) is 50.4 Å². The van der Waals surface area contributed by atoms with E-state index in [9.17, 15) is 13.2 Å².